The Bertz CT molecular complexity index is 580. The third-order valence-electron chi connectivity index (χ3n) is 3.63. The molecule has 0 spiro atoms. The number of thiophene rings is 1. The van der Waals surface area contributed by atoms with Crippen LogP contribution in [-0.4, -0.2) is 10.9 Å². The summed E-state index contributed by atoms with van der Waals surface area (Å²) in [5, 5.41) is 8.43. The number of carbonyl (C=O) groups excluding carboxylic acids is 1. The van der Waals surface area contributed by atoms with E-state index in [-0.39, 0.29) is 17.9 Å². The van der Waals surface area contributed by atoms with Gasteiger partial charge >= 0.3 is 0 Å². The van der Waals surface area contributed by atoms with E-state index in [9.17, 15) is 4.79 Å². The molecule has 3 rings (SSSR count). The Labute approximate surface area is 127 Å². The predicted octanol–water partition coefficient (Wildman–Crippen LogP) is 3.63. The second-order valence-corrected chi connectivity index (χ2v) is 7.38. The zero-order chi connectivity index (χ0) is 14.1. The number of thiazole rings is 1. The van der Waals surface area contributed by atoms with Gasteiger partial charge in [0, 0.05) is 17.2 Å². The largest absolute Gasteiger partial charge is 0.346 e. The van der Waals surface area contributed by atoms with Crippen molar-refractivity contribution < 1.29 is 4.79 Å². The number of hydrogen-bond acceptors (Lipinski definition) is 4. The normalized spacial score (nSPS) is 16.1. The number of aryl methyl sites for hydroxylation is 2. The summed E-state index contributed by atoms with van der Waals surface area (Å²) in [5.74, 6) is 0.429. The highest BCUT2D eigenvalue weighted by Gasteiger charge is 2.32. The zero-order valence-corrected chi connectivity index (χ0v) is 13.3. The fourth-order valence-electron chi connectivity index (χ4n) is 2.13. The van der Waals surface area contributed by atoms with Gasteiger partial charge in [-0.3, -0.25) is 4.79 Å². The molecule has 1 saturated carbocycles. The summed E-state index contributed by atoms with van der Waals surface area (Å²) in [6.07, 6.45) is 2.90. The minimum absolute atomic E-state index is 0.00935. The molecule has 2 heterocycles. The van der Waals surface area contributed by atoms with Gasteiger partial charge in [-0.15, -0.1) is 11.3 Å². The Hall–Kier alpha value is -1.20. The van der Waals surface area contributed by atoms with E-state index < -0.39 is 0 Å². The maximum absolute atomic E-state index is 12.1. The van der Waals surface area contributed by atoms with E-state index in [4.69, 9.17) is 0 Å². The molecule has 3 nitrogen and oxygen atoms in total. The van der Waals surface area contributed by atoms with Gasteiger partial charge in [0.05, 0.1) is 11.7 Å². The molecule has 1 amide bonds. The minimum atomic E-state index is 0.00935. The molecule has 20 heavy (non-hydrogen) atoms. The summed E-state index contributed by atoms with van der Waals surface area (Å²) >= 11 is 3.39. The molecule has 1 N–H and O–H groups in total. The third-order valence-corrected chi connectivity index (χ3v) is 5.55. The van der Waals surface area contributed by atoms with Crippen molar-refractivity contribution >= 4 is 28.6 Å². The maximum atomic E-state index is 12.1. The summed E-state index contributed by atoms with van der Waals surface area (Å²) < 4.78 is 0. The first-order valence-corrected chi connectivity index (χ1v) is 8.65. The summed E-state index contributed by atoms with van der Waals surface area (Å²) in [6.45, 7) is 4.11. The van der Waals surface area contributed by atoms with Crippen LogP contribution in [0.1, 0.15) is 40.0 Å². The van der Waals surface area contributed by atoms with Crippen LogP contribution in [0.4, 0.5) is 0 Å². The van der Waals surface area contributed by atoms with Gasteiger partial charge < -0.3 is 5.32 Å². The van der Waals surface area contributed by atoms with Crippen LogP contribution < -0.4 is 5.32 Å². The minimum Gasteiger partial charge on any atom is -0.346 e. The molecular weight excluding hydrogens is 288 g/mol. The first-order valence-electron chi connectivity index (χ1n) is 6.89. The third kappa shape index (κ3) is 3.10. The number of amides is 1. The van der Waals surface area contributed by atoms with Crippen LogP contribution in [0.3, 0.4) is 0 Å². The smallest absolute Gasteiger partial charge is 0.223 e. The number of nitrogens with zero attached hydrogens (tertiary/aromatic N) is 1. The molecule has 0 bridgehead atoms. The Balaban J connectivity index is 1.79. The van der Waals surface area contributed by atoms with Crippen molar-refractivity contribution in [3.05, 3.63) is 38.0 Å². The lowest BCUT2D eigenvalue weighted by molar-refractivity contribution is -0.123. The van der Waals surface area contributed by atoms with Crippen molar-refractivity contribution in [1.82, 2.24) is 10.3 Å². The van der Waals surface area contributed by atoms with Gasteiger partial charge in [-0.1, -0.05) is 0 Å². The average Bonchev–Trinajstić information content (AvgIpc) is 3.06. The van der Waals surface area contributed by atoms with Crippen molar-refractivity contribution in [3.8, 4) is 0 Å². The molecule has 0 unspecified atom stereocenters. The quantitative estimate of drug-likeness (QED) is 0.916. The number of carbonyl (C=O) groups is 1. The van der Waals surface area contributed by atoms with E-state index in [0.717, 1.165) is 30.0 Å². The first-order chi connectivity index (χ1) is 9.63. The van der Waals surface area contributed by atoms with E-state index in [0.29, 0.717) is 0 Å². The highest BCUT2D eigenvalue weighted by atomic mass is 32.1. The summed E-state index contributed by atoms with van der Waals surface area (Å²) in [4.78, 5) is 17.9. The first kappa shape index (κ1) is 13.8. The van der Waals surface area contributed by atoms with Gasteiger partial charge in [0.2, 0.25) is 5.91 Å². The molecule has 2 aromatic rings. The van der Waals surface area contributed by atoms with E-state index in [1.807, 2.05) is 6.92 Å². The molecule has 0 aliphatic heterocycles. The van der Waals surface area contributed by atoms with Crippen LogP contribution >= 0.6 is 22.7 Å². The Kier molecular flexibility index (Phi) is 3.89. The molecule has 106 valence electrons. The molecular formula is C15H18N2OS2. The van der Waals surface area contributed by atoms with E-state index >= 15 is 0 Å². The highest BCUT2D eigenvalue weighted by Crippen LogP contribution is 2.31. The van der Waals surface area contributed by atoms with E-state index in [1.54, 1.807) is 22.7 Å². The molecule has 1 fully saturated rings. The highest BCUT2D eigenvalue weighted by molar-refractivity contribution is 7.11. The Morgan fingerprint density at radius 1 is 1.50 bits per heavy atom. The monoisotopic (exact) mass is 306 g/mol. The Morgan fingerprint density at radius 2 is 2.30 bits per heavy atom. The molecule has 5 heteroatoms. The predicted molar refractivity (Wildman–Crippen MR) is 83.2 cm³/mol. The number of aromatic nitrogens is 1. The maximum Gasteiger partial charge on any atom is 0.223 e. The molecule has 1 aliphatic rings. The fourth-order valence-corrected chi connectivity index (χ4v) is 3.78. The summed E-state index contributed by atoms with van der Waals surface area (Å²) in [5.41, 5.74) is 2.34. The van der Waals surface area contributed by atoms with Crippen LogP contribution in [0, 0.1) is 19.8 Å². The summed E-state index contributed by atoms with van der Waals surface area (Å²) in [7, 11) is 0. The van der Waals surface area contributed by atoms with Crippen LogP contribution in [0.2, 0.25) is 0 Å². The molecule has 0 saturated heterocycles. The Morgan fingerprint density at radius 3 is 2.85 bits per heavy atom. The van der Waals surface area contributed by atoms with Gasteiger partial charge in [-0.05, 0) is 49.1 Å². The number of rotatable bonds is 5. The van der Waals surface area contributed by atoms with Gasteiger partial charge in [0.25, 0.3) is 0 Å². The standard InChI is InChI=1S/C15H18N2OS2/c1-9-10(2)20-15(16-9)13(7-11-5-6-19-8-11)17-14(18)12-3-4-12/h5-6,8,12-13H,3-4,7H2,1-2H3,(H,17,18)/t13-/m0/s1. The topological polar surface area (TPSA) is 42.0 Å². The summed E-state index contributed by atoms with van der Waals surface area (Å²) in [6, 6.07) is 2.13. The van der Waals surface area contributed by atoms with Crippen molar-refractivity contribution in [2.75, 3.05) is 0 Å². The van der Waals surface area contributed by atoms with Crippen LogP contribution in [0.5, 0.6) is 0 Å². The molecule has 1 aliphatic carbocycles. The number of nitrogens with one attached hydrogen (secondary N) is 1. The van der Waals surface area contributed by atoms with Crippen molar-refractivity contribution in [2.24, 2.45) is 5.92 Å². The van der Waals surface area contributed by atoms with Crippen molar-refractivity contribution in [2.45, 2.75) is 39.2 Å². The lowest BCUT2D eigenvalue weighted by atomic mass is 10.1. The lowest BCUT2D eigenvalue weighted by Crippen LogP contribution is -2.31. The fraction of sp³-hybridized carbons (Fsp3) is 0.467. The van der Waals surface area contributed by atoms with Crippen LogP contribution in [0.25, 0.3) is 0 Å². The lowest BCUT2D eigenvalue weighted by Gasteiger charge is -2.16. The number of hydrogen-bond donors (Lipinski definition) is 1. The molecule has 2 aromatic heterocycles. The van der Waals surface area contributed by atoms with Gasteiger partial charge in [-0.2, -0.15) is 11.3 Å². The molecule has 0 radical (unpaired) electrons. The average molecular weight is 306 g/mol. The SMILES string of the molecule is Cc1nc([C@H](Cc2ccsc2)NC(=O)C2CC2)sc1C. The van der Waals surface area contributed by atoms with Crippen molar-refractivity contribution in [3.63, 3.8) is 0 Å². The van der Waals surface area contributed by atoms with Gasteiger partial charge in [0.1, 0.15) is 5.01 Å². The zero-order valence-electron chi connectivity index (χ0n) is 11.7. The van der Waals surface area contributed by atoms with Gasteiger partial charge in [0.15, 0.2) is 0 Å². The molecule has 0 aromatic carbocycles. The van der Waals surface area contributed by atoms with Crippen LogP contribution in [-0.2, 0) is 11.2 Å². The van der Waals surface area contributed by atoms with Crippen LogP contribution in [0.15, 0.2) is 16.8 Å². The van der Waals surface area contributed by atoms with Gasteiger partial charge in [-0.25, -0.2) is 4.98 Å². The van der Waals surface area contributed by atoms with Crippen molar-refractivity contribution in [1.29, 1.82) is 0 Å². The van der Waals surface area contributed by atoms with E-state index in [2.05, 4.69) is 34.1 Å². The molecule has 1 atom stereocenters. The second kappa shape index (κ2) is 5.66. The van der Waals surface area contributed by atoms with E-state index in [1.165, 1.54) is 10.4 Å². The second-order valence-electron chi connectivity index (χ2n) is 5.36.